The van der Waals surface area contributed by atoms with E-state index in [-0.39, 0.29) is 49.8 Å². The fourth-order valence-corrected chi connectivity index (χ4v) is 10.9. The van der Waals surface area contributed by atoms with Crippen molar-refractivity contribution in [3.05, 3.63) is 82.8 Å². The predicted octanol–water partition coefficient (Wildman–Crippen LogP) is 4.80. The van der Waals surface area contributed by atoms with Crippen LogP contribution in [0.5, 0.6) is 0 Å². The van der Waals surface area contributed by atoms with Gasteiger partial charge in [-0.1, -0.05) is 12.1 Å². The minimum atomic E-state index is -3.04. The number of fused-ring (bicyclic) bond motifs is 5. The summed E-state index contributed by atoms with van der Waals surface area (Å²) in [6, 6.07) is 10.5. The largest absolute Gasteiger partial charge is 0.374 e. The van der Waals surface area contributed by atoms with Gasteiger partial charge in [0.1, 0.15) is 17.4 Å². The van der Waals surface area contributed by atoms with E-state index in [1.54, 1.807) is 42.2 Å². The zero-order valence-corrected chi connectivity index (χ0v) is 34.3. The Morgan fingerprint density at radius 3 is 2.65 bits per heavy atom. The number of nitrogens with one attached hydrogen (secondary N) is 2. The van der Waals surface area contributed by atoms with Gasteiger partial charge >= 0.3 is 5.69 Å². The van der Waals surface area contributed by atoms with E-state index >= 15 is 8.78 Å². The van der Waals surface area contributed by atoms with Crippen LogP contribution in [-0.4, -0.2) is 107 Å². The fourth-order valence-electron chi connectivity index (χ4n) is 10.9. The monoisotopic (exact) mass is 847 g/mol. The average molecular weight is 848 g/mol. The number of hydrogen-bond donors (Lipinski definition) is 2. The van der Waals surface area contributed by atoms with Gasteiger partial charge in [-0.3, -0.25) is 38.4 Å². The number of pyridine rings is 2. The van der Waals surface area contributed by atoms with Crippen molar-refractivity contribution in [3.63, 3.8) is 0 Å². The zero-order valence-electron chi connectivity index (χ0n) is 34.3. The summed E-state index contributed by atoms with van der Waals surface area (Å²) in [5.41, 5.74) is 3.70. The number of morpholine rings is 1. The number of aryl methyl sites for hydroxylation is 1. The summed E-state index contributed by atoms with van der Waals surface area (Å²) in [4.78, 5) is 60.2. The van der Waals surface area contributed by atoms with Crippen molar-refractivity contribution in [3.8, 4) is 0 Å². The molecule has 2 bridgehead atoms. The van der Waals surface area contributed by atoms with Gasteiger partial charge < -0.3 is 15.0 Å². The summed E-state index contributed by atoms with van der Waals surface area (Å²) in [6.45, 7) is 2.28. The van der Waals surface area contributed by atoms with Crippen LogP contribution < -0.4 is 21.2 Å². The number of nitrogens with zero attached hydrogens (tertiary/aromatic N) is 9. The molecule has 4 aliphatic heterocycles. The van der Waals surface area contributed by atoms with Crippen LogP contribution >= 0.6 is 0 Å². The molecule has 9 heterocycles. The van der Waals surface area contributed by atoms with Crippen molar-refractivity contribution in [2.24, 2.45) is 13.0 Å². The van der Waals surface area contributed by atoms with Gasteiger partial charge in [0, 0.05) is 50.0 Å². The topological polar surface area (TPSA) is 166 Å². The number of benzene rings is 1. The van der Waals surface area contributed by atoms with Gasteiger partial charge in [0.05, 0.1) is 71.8 Å². The van der Waals surface area contributed by atoms with Crippen molar-refractivity contribution in [1.82, 2.24) is 43.7 Å². The maximum Gasteiger partial charge on any atom is 0.329 e. The van der Waals surface area contributed by atoms with Crippen LogP contribution in [0.4, 0.5) is 20.3 Å². The molecule has 4 atom stereocenters. The molecule has 2 N–H and O–H groups in total. The Hall–Kier alpha value is -6.01. The number of rotatable bonds is 8. The van der Waals surface area contributed by atoms with Crippen LogP contribution in [0, 0.1) is 5.92 Å². The van der Waals surface area contributed by atoms with Crippen LogP contribution in [0.1, 0.15) is 85.3 Å². The number of alkyl halides is 2. The SMILES string of the molecule is Cn1c(=O)n(C2CCC(=O)NC2=O)c2cccc(C3CCN(CC4CCC(n5cc6cc(NC(=O)c7cnn8ccc(N9C[C@H]%10C[C@@H]9CO%10)cc78)ncc6n5)CC4)CC3(F)F)c21. The molecule has 18 heteroatoms. The number of ether oxygens (including phenoxy) is 1. The van der Waals surface area contributed by atoms with Crippen LogP contribution in [-0.2, 0) is 21.4 Å². The molecule has 0 radical (unpaired) electrons. The lowest BCUT2D eigenvalue weighted by molar-refractivity contribution is -0.135. The van der Waals surface area contributed by atoms with Crippen molar-refractivity contribution in [1.29, 1.82) is 0 Å². The lowest BCUT2D eigenvalue weighted by Crippen LogP contribution is -2.49. The molecule has 6 aromatic rings. The minimum absolute atomic E-state index is 0.100. The number of carbonyl (C=O) groups is 3. The number of imide groups is 1. The highest BCUT2D eigenvalue weighted by atomic mass is 19.3. The normalized spacial score (nSPS) is 26.5. The van der Waals surface area contributed by atoms with Crippen molar-refractivity contribution in [2.45, 2.75) is 87.4 Å². The standard InChI is InChI=1S/C44H47F2N11O5/c1-52-40-31(3-2-4-35(40)57(43(52)61)36-9-10-39(58)50-42(36)60)33-12-13-53(24-44(33,45)46)20-25-5-7-27(8-6-25)56-21-26-15-38(47-19-34(26)51-56)49-41(59)32-18-48-55-14-11-28(17-37(32)55)54-22-30-16-29(54)23-62-30/h2-4,11,14-15,17-19,21,25,27,29-30,33,36H,5-10,12-13,16,20,22-24H2,1H3,(H,49,59)(H,50,58,60)/t25?,27?,29-,30-,33?,36?/m1/s1. The number of anilines is 2. The van der Waals surface area contributed by atoms with E-state index in [2.05, 4.69) is 25.6 Å². The van der Waals surface area contributed by atoms with E-state index in [1.165, 1.54) is 9.13 Å². The lowest BCUT2D eigenvalue weighted by Gasteiger charge is -2.41. The molecule has 2 unspecified atom stereocenters. The molecule has 5 fully saturated rings. The van der Waals surface area contributed by atoms with Crippen LogP contribution in [0.25, 0.3) is 27.5 Å². The number of para-hydroxylation sites is 1. The maximum atomic E-state index is 16.2. The number of likely N-dealkylation sites (tertiary alicyclic amines) is 1. The molecule has 1 aliphatic carbocycles. The molecule has 1 aromatic carbocycles. The van der Waals surface area contributed by atoms with Crippen LogP contribution in [0.3, 0.4) is 0 Å². The summed E-state index contributed by atoms with van der Waals surface area (Å²) in [5.74, 6) is -4.69. The highest BCUT2D eigenvalue weighted by molar-refractivity contribution is 6.09. The molecular weight excluding hydrogens is 801 g/mol. The summed E-state index contributed by atoms with van der Waals surface area (Å²) in [6.07, 6.45) is 12.4. The molecule has 3 amide bonds. The van der Waals surface area contributed by atoms with E-state index in [0.717, 1.165) is 67.4 Å². The van der Waals surface area contributed by atoms with Gasteiger partial charge in [-0.05, 0) is 87.2 Å². The number of carbonyl (C=O) groups excluding carboxylic acids is 3. The van der Waals surface area contributed by atoms with Gasteiger partial charge in [-0.2, -0.15) is 10.2 Å². The molecule has 5 aliphatic rings. The first kappa shape index (κ1) is 38.9. The smallest absolute Gasteiger partial charge is 0.329 e. The molecule has 62 heavy (non-hydrogen) atoms. The summed E-state index contributed by atoms with van der Waals surface area (Å²) in [7, 11) is 1.55. The molecule has 11 rings (SSSR count). The zero-order chi connectivity index (χ0) is 42.4. The van der Waals surface area contributed by atoms with Crippen molar-refractivity contribution >= 4 is 56.7 Å². The quantitative estimate of drug-likeness (QED) is 0.204. The Morgan fingerprint density at radius 2 is 1.87 bits per heavy atom. The van der Waals surface area contributed by atoms with Crippen molar-refractivity contribution in [2.75, 3.05) is 43.0 Å². The Morgan fingerprint density at radius 1 is 1.02 bits per heavy atom. The summed E-state index contributed by atoms with van der Waals surface area (Å²) >= 11 is 0. The van der Waals surface area contributed by atoms with E-state index in [0.29, 0.717) is 47.1 Å². The lowest BCUT2D eigenvalue weighted by atomic mass is 9.83. The second-order valence-electron chi connectivity index (χ2n) is 17.9. The molecule has 1 saturated carbocycles. The number of aromatic nitrogens is 7. The average Bonchev–Trinajstić information content (AvgIpc) is 4.10. The molecule has 16 nitrogen and oxygen atoms in total. The van der Waals surface area contributed by atoms with E-state index in [1.807, 2.05) is 40.2 Å². The third-order valence-electron chi connectivity index (χ3n) is 14.0. The number of piperidine rings is 2. The van der Waals surface area contributed by atoms with Crippen LogP contribution in [0.15, 0.2) is 66.0 Å². The summed E-state index contributed by atoms with van der Waals surface area (Å²) in [5, 5.41) is 15.4. The number of hydrogen-bond acceptors (Lipinski definition) is 10. The first-order valence-electron chi connectivity index (χ1n) is 21.6. The molecule has 4 saturated heterocycles. The Bertz CT molecular complexity index is 2840. The Kier molecular flexibility index (Phi) is 9.30. The Balaban J connectivity index is 0.717. The maximum absolute atomic E-state index is 16.2. The summed E-state index contributed by atoms with van der Waals surface area (Å²) < 4.78 is 44.6. The van der Waals surface area contributed by atoms with E-state index in [9.17, 15) is 19.2 Å². The highest BCUT2D eigenvalue weighted by Crippen LogP contribution is 2.44. The number of halogens is 2. The third kappa shape index (κ3) is 6.65. The van der Waals surface area contributed by atoms with Gasteiger partial charge in [0.15, 0.2) is 0 Å². The van der Waals surface area contributed by atoms with Gasteiger partial charge in [-0.15, -0.1) is 0 Å². The number of amides is 3. The fraction of sp³-hybridized carbons (Fsp3) is 0.477. The highest BCUT2D eigenvalue weighted by Gasteiger charge is 2.47. The number of imidazole rings is 1. The van der Waals surface area contributed by atoms with Crippen molar-refractivity contribution < 1.29 is 27.9 Å². The predicted molar refractivity (Wildman–Crippen MR) is 225 cm³/mol. The van der Waals surface area contributed by atoms with E-state index < -0.39 is 35.4 Å². The third-order valence-corrected chi connectivity index (χ3v) is 14.0. The first-order valence-corrected chi connectivity index (χ1v) is 21.6. The molecular formula is C44H47F2N11O5. The Labute approximate surface area is 353 Å². The molecule has 5 aromatic heterocycles. The van der Waals surface area contributed by atoms with Crippen LogP contribution in [0.2, 0.25) is 0 Å². The second-order valence-corrected chi connectivity index (χ2v) is 17.9. The van der Waals surface area contributed by atoms with Gasteiger partial charge in [0.25, 0.3) is 11.8 Å². The van der Waals surface area contributed by atoms with Gasteiger partial charge in [0.2, 0.25) is 11.8 Å². The minimum Gasteiger partial charge on any atom is -0.374 e. The van der Waals surface area contributed by atoms with Gasteiger partial charge in [-0.25, -0.2) is 23.1 Å². The molecule has 322 valence electrons. The first-order chi connectivity index (χ1) is 30.0. The second kappa shape index (κ2) is 14.8. The molecule has 0 spiro atoms. The van der Waals surface area contributed by atoms with E-state index in [4.69, 9.17) is 9.84 Å².